The number of amides is 1. The highest BCUT2D eigenvalue weighted by atomic mass is 16.5. The van der Waals surface area contributed by atoms with E-state index in [0.29, 0.717) is 13.0 Å². The van der Waals surface area contributed by atoms with Gasteiger partial charge >= 0.3 is 0 Å². The van der Waals surface area contributed by atoms with Crippen molar-refractivity contribution in [1.29, 1.82) is 0 Å². The third kappa shape index (κ3) is 4.43. The van der Waals surface area contributed by atoms with Crippen molar-refractivity contribution in [2.24, 2.45) is 0 Å². The van der Waals surface area contributed by atoms with Gasteiger partial charge in [0.05, 0.1) is 19.2 Å². The molecule has 2 heterocycles. The number of aromatic nitrogens is 2. The van der Waals surface area contributed by atoms with Crippen molar-refractivity contribution in [2.45, 2.75) is 25.2 Å². The molecule has 1 fully saturated rings. The Bertz CT molecular complexity index is 1010. The highest BCUT2D eigenvalue weighted by Crippen LogP contribution is 2.34. The van der Waals surface area contributed by atoms with Crippen LogP contribution in [0.3, 0.4) is 0 Å². The van der Waals surface area contributed by atoms with Crippen molar-refractivity contribution >= 4 is 11.9 Å². The van der Waals surface area contributed by atoms with Crippen LogP contribution in [0, 0.1) is 0 Å². The molecular weight excluding hydrogens is 376 g/mol. The van der Waals surface area contributed by atoms with Gasteiger partial charge in [0.2, 0.25) is 11.9 Å². The van der Waals surface area contributed by atoms with Gasteiger partial charge in [-0.05, 0) is 36.1 Å². The van der Waals surface area contributed by atoms with Crippen molar-refractivity contribution in [1.82, 2.24) is 14.9 Å². The first-order valence-electron chi connectivity index (χ1n) is 10.2. The summed E-state index contributed by atoms with van der Waals surface area (Å²) in [5, 5.41) is 0. The number of hydrogen-bond acceptors (Lipinski definition) is 5. The third-order valence-corrected chi connectivity index (χ3v) is 5.60. The summed E-state index contributed by atoms with van der Waals surface area (Å²) in [4.78, 5) is 23.7. The zero-order valence-corrected chi connectivity index (χ0v) is 17.1. The number of carbonyl (C=O) groups is 1. The molecule has 3 aromatic rings. The summed E-state index contributed by atoms with van der Waals surface area (Å²) in [6, 6.07) is 17.7. The lowest BCUT2D eigenvalue weighted by Gasteiger charge is -2.33. The molecule has 1 aliphatic heterocycles. The maximum atomic E-state index is 12.9. The minimum atomic E-state index is 0.126. The Morgan fingerprint density at radius 2 is 1.93 bits per heavy atom. The number of nitrogen functional groups attached to an aromatic ring is 1. The molecule has 154 valence electrons. The highest BCUT2D eigenvalue weighted by Gasteiger charge is 2.28. The van der Waals surface area contributed by atoms with Crippen LogP contribution in [0.4, 0.5) is 5.95 Å². The molecule has 1 amide bonds. The Hall–Kier alpha value is -3.41. The largest absolute Gasteiger partial charge is 0.497 e. The second kappa shape index (κ2) is 8.95. The molecule has 1 aliphatic rings. The van der Waals surface area contributed by atoms with Gasteiger partial charge in [0.25, 0.3) is 0 Å². The maximum Gasteiger partial charge on any atom is 0.227 e. The number of nitrogens with zero attached hydrogens (tertiary/aromatic N) is 3. The summed E-state index contributed by atoms with van der Waals surface area (Å²) in [5.41, 5.74) is 9.84. The Morgan fingerprint density at radius 1 is 1.17 bits per heavy atom. The monoisotopic (exact) mass is 402 g/mol. The van der Waals surface area contributed by atoms with Crippen LogP contribution in [0.25, 0.3) is 11.1 Å². The van der Waals surface area contributed by atoms with Crippen molar-refractivity contribution in [3.8, 4) is 16.9 Å². The van der Waals surface area contributed by atoms with E-state index < -0.39 is 0 Å². The Balaban J connectivity index is 1.57. The van der Waals surface area contributed by atoms with Crippen molar-refractivity contribution in [3.63, 3.8) is 0 Å². The van der Waals surface area contributed by atoms with Crippen molar-refractivity contribution in [3.05, 3.63) is 72.1 Å². The fraction of sp³-hybridized carbons (Fsp3) is 0.292. The molecule has 1 aromatic heterocycles. The summed E-state index contributed by atoms with van der Waals surface area (Å²) in [6.45, 7) is 1.42. The van der Waals surface area contributed by atoms with Crippen LogP contribution < -0.4 is 10.5 Å². The van der Waals surface area contributed by atoms with Gasteiger partial charge in [0.15, 0.2) is 0 Å². The predicted octanol–water partition coefficient (Wildman–Crippen LogP) is 3.68. The molecular formula is C24H26N4O2. The lowest BCUT2D eigenvalue weighted by atomic mass is 9.89. The van der Waals surface area contributed by atoms with Gasteiger partial charge in [-0.2, -0.15) is 0 Å². The van der Waals surface area contributed by atoms with E-state index in [0.717, 1.165) is 47.5 Å². The Labute approximate surface area is 176 Å². The van der Waals surface area contributed by atoms with Gasteiger partial charge in [0, 0.05) is 30.8 Å². The van der Waals surface area contributed by atoms with Crippen molar-refractivity contribution in [2.75, 3.05) is 25.9 Å². The first kappa shape index (κ1) is 19.9. The van der Waals surface area contributed by atoms with E-state index in [1.165, 1.54) is 0 Å². The second-order valence-corrected chi connectivity index (χ2v) is 7.60. The normalized spacial score (nSPS) is 16.3. The van der Waals surface area contributed by atoms with Crippen LogP contribution in [0.15, 0.2) is 60.8 Å². The van der Waals surface area contributed by atoms with Gasteiger partial charge < -0.3 is 15.4 Å². The predicted molar refractivity (Wildman–Crippen MR) is 117 cm³/mol. The SMILES string of the molecule is COc1ccc(-c2cnc(N)nc2[C@H]2CCCN(C(=O)Cc3ccccc3)C2)cc1. The van der Waals surface area contributed by atoms with E-state index in [4.69, 9.17) is 10.5 Å². The summed E-state index contributed by atoms with van der Waals surface area (Å²) in [5.74, 6) is 1.34. The first-order valence-corrected chi connectivity index (χ1v) is 10.2. The molecule has 0 spiro atoms. The van der Waals surface area contributed by atoms with Crippen LogP contribution in [0.2, 0.25) is 0 Å². The van der Waals surface area contributed by atoms with Crippen LogP contribution in [-0.4, -0.2) is 41.0 Å². The minimum Gasteiger partial charge on any atom is -0.497 e. The van der Waals surface area contributed by atoms with E-state index in [9.17, 15) is 4.79 Å². The molecule has 1 atom stereocenters. The number of anilines is 1. The molecule has 4 rings (SSSR count). The number of likely N-dealkylation sites (tertiary alicyclic amines) is 1. The molecule has 2 N–H and O–H groups in total. The Morgan fingerprint density at radius 3 is 2.67 bits per heavy atom. The van der Waals surface area contributed by atoms with Gasteiger partial charge in [-0.15, -0.1) is 0 Å². The molecule has 2 aromatic carbocycles. The first-order chi connectivity index (χ1) is 14.6. The zero-order valence-electron chi connectivity index (χ0n) is 17.1. The van der Waals surface area contributed by atoms with Crippen LogP contribution >= 0.6 is 0 Å². The number of ether oxygens (including phenoxy) is 1. The lowest BCUT2D eigenvalue weighted by Crippen LogP contribution is -2.40. The second-order valence-electron chi connectivity index (χ2n) is 7.60. The molecule has 0 saturated carbocycles. The number of nitrogens with two attached hydrogens (primary N) is 1. The molecule has 0 radical (unpaired) electrons. The average molecular weight is 402 g/mol. The number of piperidine rings is 1. The maximum absolute atomic E-state index is 12.9. The zero-order chi connectivity index (χ0) is 20.9. The molecule has 0 unspecified atom stereocenters. The summed E-state index contributed by atoms with van der Waals surface area (Å²) in [7, 11) is 1.65. The molecule has 1 saturated heterocycles. The molecule has 6 heteroatoms. The van der Waals surface area contributed by atoms with E-state index in [-0.39, 0.29) is 17.8 Å². The topological polar surface area (TPSA) is 81.3 Å². The fourth-order valence-electron chi connectivity index (χ4n) is 4.02. The lowest BCUT2D eigenvalue weighted by molar-refractivity contribution is -0.131. The van der Waals surface area contributed by atoms with E-state index in [2.05, 4.69) is 9.97 Å². The number of benzene rings is 2. The highest BCUT2D eigenvalue weighted by molar-refractivity contribution is 5.79. The van der Waals surface area contributed by atoms with Crippen LogP contribution in [-0.2, 0) is 11.2 Å². The smallest absolute Gasteiger partial charge is 0.227 e. The van der Waals surface area contributed by atoms with Crippen LogP contribution in [0.5, 0.6) is 5.75 Å². The fourth-order valence-corrected chi connectivity index (χ4v) is 4.02. The van der Waals surface area contributed by atoms with Gasteiger partial charge in [0.1, 0.15) is 5.75 Å². The molecule has 30 heavy (non-hydrogen) atoms. The third-order valence-electron chi connectivity index (χ3n) is 5.60. The molecule has 0 bridgehead atoms. The quantitative estimate of drug-likeness (QED) is 0.704. The van der Waals surface area contributed by atoms with Gasteiger partial charge in [-0.1, -0.05) is 42.5 Å². The van der Waals surface area contributed by atoms with E-state index in [1.54, 1.807) is 13.3 Å². The standard InChI is InChI=1S/C24H26N4O2/c1-30-20-11-9-18(10-12-20)21-15-26-24(25)27-23(21)19-8-5-13-28(16-19)22(29)14-17-6-3-2-4-7-17/h2-4,6-7,9-12,15,19H,5,8,13-14,16H2,1H3,(H2,25,26,27)/t19-/m0/s1. The van der Waals surface area contributed by atoms with E-state index >= 15 is 0 Å². The number of rotatable bonds is 5. The number of carbonyl (C=O) groups excluding carboxylic acids is 1. The Kier molecular flexibility index (Phi) is 5.93. The average Bonchev–Trinajstić information content (AvgIpc) is 2.80. The molecule has 6 nitrogen and oxygen atoms in total. The number of methoxy groups -OCH3 is 1. The van der Waals surface area contributed by atoms with Gasteiger partial charge in [-0.25, -0.2) is 9.97 Å². The summed E-state index contributed by atoms with van der Waals surface area (Å²) < 4.78 is 5.26. The van der Waals surface area contributed by atoms with Crippen LogP contribution in [0.1, 0.15) is 30.0 Å². The minimum absolute atomic E-state index is 0.126. The van der Waals surface area contributed by atoms with E-state index in [1.807, 2.05) is 59.5 Å². The number of hydrogen-bond donors (Lipinski definition) is 1. The summed E-state index contributed by atoms with van der Waals surface area (Å²) >= 11 is 0. The summed E-state index contributed by atoms with van der Waals surface area (Å²) in [6.07, 6.45) is 4.11. The van der Waals surface area contributed by atoms with Gasteiger partial charge in [-0.3, -0.25) is 4.79 Å². The van der Waals surface area contributed by atoms with Crippen molar-refractivity contribution < 1.29 is 9.53 Å². The molecule has 0 aliphatic carbocycles.